The molecule has 0 spiro atoms. The van der Waals surface area contributed by atoms with Gasteiger partial charge in [0.2, 0.25) is 0 Å². The Bertz CT molecular complexity index is 872. The highest BCUT2D eigenvalue weighted by Gasteiger charge is 2.30. The Balaban J connectivity index is 2.10. The summed E-state index contributed by atoms with van der Waals surface area (Å²) in [5.41, 5.74) is 1.14. The van der Waals surface area contributed by atoms with Crippen LogP contribution in [0.2, 0.25) is 0 Å². The molecule has 1 N–H and O–H groups in total. The smallest absolute Gasteiger partial charge is 0.355 e. The number of benzene rings is 2. The van der Waals surface area contributed by atoms with Gasteiger partial charge in [0.1, 0.15) is 5.82 Å². The summed E-state index contributed by atoms with van der Waals surface area (Å²) >= 11 is 0. The molecule has 0 saturated carbocycles. The van der Waals surface area contributed by atoms with Gasteiger partial charge in [0.25, 0.3) is 0 Å². The maximum Gasteiger partial charge on any atom is 0.416 e. The van der Waals surface area contributed by atoms with Gasteiger partial charge in [-0.25, -0.2) is 4.39 Å². The maximum atomic E-state index is 13.3. The topological polar surface area (TPSA) is 24.9 Å². The van der Waals surface area contributed by atoms with Crippen LogP contribution in [0.25, 0.3) is 10.9 Å². The molecule has 0 bridgehead atoms. The minimum absolute atomic E-state index is 0.235. The third-order valence-electron chi connectivity index (χ3n) is 3.37. The van der Waals surface area contributed by atoms with Crippen molar-refractivity contribution in [2.75, 3.05) is 5.32 Å². The van der Waals surface area contributed by atoms with Crippen molar-refractivity contribution in [3.05, 3.63) is 65.6 Å². The molecule has 0 saturated heterocycles. The van der Waals surface area contributed by atoms with E-state index in [2.05, 4.69) is 10.3 Å². The predicted octanol–water partition coefficient (Wildman–Crippen LogP) is 5.44. The molecule has 0 radical (unpaired) electrons. The Morgan fingerprint density at radius 3 is 2.48 bits per heavy atom. The number of rotatable bonds is 2. The van der Waals surface area contributed by atoms with Crippen molar-refractivity contribution in [2.45, 2.75) is 13.1 Å². The number of aryl methyl sites for hydroxylation is 1. The van der Waals surface area contributed by atoms with Gasteiger partial charge in [0.15, 0.2) is 0 Å². The molecule has 0 atom stereocenters. The van der Waals surface area contributed by atoms with E-state index in [0.29, 0.717) is 22.5 Å². The summed E-state index contributed by atoms with van der Waals surface area (Å²) in [5.74, 6) is -0.399. The van der Waals surface area contributed by atoms with E-state index < -0.39 is 17.6 Å². The monoisotopic (exact) mass is 320 g/mol. The molecule has 0 fully saturated rings. The molecular formula is C17H12F4N2. The Labute approximate surface area is 129 Å². The fourth-order valence-electron chi connectivity index (χ4n) is 2.36. The largest absolute Gasteiger partial charge is 0.416 e. The van der Waals surface area contributed by atoms with Crippen LogP contribution in [0.5, 0.6) is 0 Å². The SMILES string of the molecule is Cc1cc(Nc2cccc(F)c2)c2ccc(C(F)(F)F)cc2n1. The number of halogens is 4. The molecule has 0 aliphatic heterocycles. The molecule has 3 aromatic rings. The molecule has 118 valence electrons. The van der Waals surface area contributed by atoms with E-state index in [0.717, 1.165) is 12.1 Å². The number of fused-ring (bicyclic) bond motifs is 1. The Morgan fingerprint density at radius 1 is 1.00 bits per heavy atom. The van der Waals surface area contributed by atoms with E-state index in [4.69, 9.17) is 0 Å². The van der Waals surface area contributed by atoms with Crippen LogP contribution in [-0.2, 0) is 6.18 Å². The third-order valence-corrected chi connectivity index (χ3v) is 3.37. The van der Waals surface area contributed by atoms with Gasteiger partial charge in [-0.2, -0.15) is 13.2 Å². The van der Waals surface area contributed by atoms with Gasteiger partial charge in [-0.3, -0.25) is 4.98 Å². The van der Waals surface area contributed by atoms with E-state index in [1.807, 2.05) is 0 Å². The zero-order chi connectivity index (χ0) is 16.6. The van der Waals surface area contributed by atoms with Crippen molar-refractivity contribution in [2.24, 2.45) is 0 Å². The van der Waals surface area contributed by atoms with Crippen molar-refractivity contribution >= 4 is 22.3 Å². The lowest BCUT2D eigenvalue weighted by Gasteiger charge is -2.13. The number of nitrogens with zero attached hydrogens (tertiary/aromatic N) is 1. The quantitative estimate of drug-likeness (QED) is 0.636. The Kier molecular flexibility index (Phi) is 3.67. The molecule has 0 aliphatic rings. The molecule has 0 amide bonds. The minimum atomic E-state index is -4.42. The Hall–Kier alpha value is -2.63. The lowest BCUT2D eigenvalue weighted by atomic mass is 10.1. The number of aromatic nitrogens is 1. The lowest BCUT2D eigenvalue weighted by Crippen LogP contribution is -2.05. The second-order valence-electron chi connectivity index (χ2n) is 5.18. The first-order valence-corrected chi connectivity index (χ1v) is 6.84. The van der Waals surface area contributed by atoms with Crippen molar-refractivity contribution < 1.29 is 17.6 Å². The van der Waals surface area contributed by atoms with Gasteiger partial charge < -0.3 is 5.32 Å². The van der Waals surface area contributed by atoms with E-state index in [-0.39, 0.29) is 5.52 Å². The van der Waals surface area contributed by atoms with Crippen LogP contribution in [0.4, 0.5) is 28.9 Å². The summed E-state index contributed by atoms with van der Waals surface area (Å²) in [6.45, 7) is 1.69. The molecule has 23 heavy (non-hydrogen) atoms. The molecule has 1 heterocycles. The van der Waals surface area contributed by atoms with Crippen LogP contribution < -0.4 is 5.32 Å². The van der Waals surface area contributed by atoms with Crippen molar-refractivity contribution in [1.82, 2.24) is 4.98 Å². The van der Waals surface area contributed by atoms with Gasteiger partial charge in [-0.1, -0.05) is 12.1 Å². The summed E-state index contributed by atoms with van der Waals surface area (Å²) < 4.78 is 51.7. The number of pyridine rings is 1. The molecule has 3 rings (SSSR count). The normalized spacial score (nSPS) is 11.7. The number of hydrogen-bond acceptors (Lipinski definition) is 2. The third kappa shape index (κ3) is 3.26. The maximum absolute atomic E-state index is 13.3. The van der Waals surface area contributed by atoms with E-state index in [9.17, 15) is 17.6 Å². The molecule has 0 unspecified atom stereocenters. The predicted molar refractivity (Wildman–Crippen MR) is 81.2 cm³/mol. The van der Waals surface area contributed by atoms with Crippen LogP contribution in [0.3, 0.4) is 0 Å². The molecule has 0 aliphatic carbocycles. The summed E-state index contributed by atoms with van der Waals surface area (Å²) in [7, 11) is 0. The van der Waals surface area contributed by atoms with Crippen LogP contribution in [-0.4, -0.2) is 4.98 Å². The van der Waals surface area contributed by atoms with Gasteiger partial charge in [-0.15, -0.1) is 0 Å². The lowest BCUT2D eigenvalue weighted by molar-refractivity contribution is -0.137. The number of anilines is 2. The molecule has 6 heteroatoms. The summed E-state index contributed by atoms with van der Waals surface area (Å²) in [6.07, 6.45) is -4.42. The standard InChI is InChI=1S/C17H12F4N2/c1-10-7-15(23-13-4-2-3-12(18)9-13)14-6-5-11(17(19,20)21)8-16(14)22-10/h2-9H,1H3,(H,22,23). The summed E-state index contributed by atoms with van der Waals surface area (Å²) in [5, 5.41) is 3.56. The second kappa shape index (κ2) is 5.53. The highest BCUT2D eigenvalue weighted by molar-refractivity contribution is 5.93. The van der Waals surface area contributed by atoms with E-state index in [1.165, 1.54) is 18.2 Å². The van der Waals surface area contributed by atoms with Crippen LogP contribution in [0.1, 0.15) is 11.3 Å². The molecule has 2 aromatic carbocycles. The van der Waals surface area contributed by atoms with Gasteiger partial charge in [0.05, 0.1) is 11.1 Å². The molecule has 2 nitrogen and oxygen atoms in total. The Morgan fingerprint density at radius 2 is 1.78 bits per heavy atom. The van der Waals surface area contributed by atoms with Crippen LogP contribution in [0.15, 0.2) is 48.5 Å². The highest BCUT2D eigenvalue weighted by atomic mass is 19.4. The number of alkyl halides is 3. The van der Waals surface area contributed by atoms with Crippen molar-refractivity contribution in [3.63, 3.8) is 0 Å². The first-order chi connectivity index (χ1) is 10.8. The zero-order valence-corrected chi connectivity index (χ0v) is 12.1. The summed E-state index contributed by atoms with van der Waals surface area (Å²) in [4.78, 5) is 4.16. The van der Waals surface area contributed by atoms with Gasteiger partial charge >= 0.3 is 6.18 Å². The zero-order valence-electron chi connectivity index (χ0n) is 12.1. The van der Waals surface area contributed by atoms with Crippen molar-refractivity contribution in [3.8, 4) is 0 Å². The van der Waals surface area contributed by atoms with Crippen LogP contribution in [0, 0.1) is 12.7 Å². The van der Waals surface area contributed by atoms with E-state index >= 15 is 0 Å². The van der Waals surface area contributed by atoms with Crippen LogP contribution >= 0.6 is 0 Å². The fraction of sp³-hybridized carbons (Fsp3) is 0.118. The molecule has 1 aromatic heterocycles. The summed E-state index contributed by atoms with van der Waals surface area (Å²) in [6, 6.07) is 11.0. The minimum Gasteiger partial charge on any atom is -0.355 e. The fourth-order valence-corrected chi connectivity index (χ4v) is 2.36. The number of hydrogen-bond donors (Lipinski definition) is 1. The average Bonchev–Trinajstić information content (AvgIpc) is 2.45. The highest BCUT2D eigenvalue weighted by Crippen LogP contribution is 2.33. The second-order valence-corrected chi connectivity index (χ2v) is 5.18. The first-order valence-electron chi connectivity index (χ1n) is 6.84. The van der Waals surface area contributed by atoms with Gasteiger partial charge in [-0.05, 0) is 43.3 Å². The number of nitrogens with one attached hydrogen (secondary N) is 1. The van der Waals surface area contributed by atoms with Gasteiger partial charge in [0, 0.05) is 22.5 Å². The average molecular weight is 320 g/mol. The molecular weight excluding hydrogens is 308 g/mol. The van der Waals surface area contributed by atoms with E-state index in [1.54, 1.807) is 25.1 Å². The first kappa shape index (κ1) is 15.3. The van der Waals surface area contributed by atoms with Crippen molar-refractivity contribution in [1.29, 1.82) is 0 Å².